The molecule has 0 radical (unpaired) electrons. The second-order valence-electron chi connectivity index (χ2n) is 8.95. The molecule has 2 unspecified atom stereocenters. The first-order chi connectivity index (χ1) is 17.0. The van der Waals surface area contributed by atoms with Crippen LogP contribution in [-0.4, -0.2) is 53.5 Å². The van der Waals surface area contributed by atoms with Crippen LogP contribution < -0.4 is 0 Å². The number of alkyl halides is 2. The van der Waals surface area contributed by atoms with Gasteiger partial charge in [-0.1, -0.05) is 23.2 Å². The van der Waals surface area contributed by atoms with E-state index in [0.717, 1.165) is 17.0 Å². The zero-order valence-corrected chi connectivity index (χ0v) is 22.3. The number of ether oxygens (including phenoxy) is 2. The summed E-state index contributed by atoms with van der Waals surface area (Å²) in [5.74, 6) is -3.92. The van der Waals surface area contributed by atoms with Gasteiger partial charge in [0.05, 0.1) is 12.7 Å². The van der Waals surface area contributed by atoms with E-state index in [-0.39, 0.29) is 47.6 Å². The van der Waals surface area contributed by atoms with E-state index >= 15 is 0 Å². The quantitative estimate of drug-likeness (QED) is 0.308. The molecule has 1 aromatic heterocycles. The number of carbonyl (C=O) groups is 2. The number of benzene rings is 1. The molecular formula is C25H29Cl2F2NO5S. The number of hydrogen-bond acceptors (Lipinski definition) is 6. The number of nitrogens with zero attached hydrogens (tertiary/aromatic N) is 1. The molecular weight excluding hydrogens is 535 g/mol. The lowest BCUT2D eigenvalue weighted by molar-refractivity contribution is -0.120. The van der Waals surface area contributed by atoms with Crippen molar-refractivity contribution in [1.82, 2.24) is 4.90 Å². The standard InChI is InChI=1S/C25H29Cl2F2NO5S/c1-15(2)35-23(32)21-7-6-20(36-21)4-3-10-30-19(9-11-34-24(30)33)5-8-22(31)25(28,29)16-12-17(26)14-18(27)13-16/h6-7,12-15,19,22,31H,3-5,8-11H2,1-2H3. The highest BCUT2D eigenvalue weighted by Crippen LogP contribution is 2.37. The summed E-state index contributed by atoms with van der Waals surface area (Å²) in [7, 11) is 0. The van der Waals surface area contributed by atoms with E-state index < -0.39 is 23.7 Å². The predicted octanol–water partition coefficient (Wildman–Crippen LogP) is 6.70. The van der Waals surface area contributed by atoms with Gasteiger partial charge in [-0.2, -0.15) is 8.78 Å². The highest BCUT2D eigenvalue weighted by Gasteiger charge is 2.41. The largest absolute Gasteiger partial charge is 0.459 e. The van der Waals surface area contributed by atoms with Crippen molar-refractivity contribution in [2.24, 2.45) is 0 Å². The van der Waals surface area contributed by atoms with Crippen LogP contribution in [0.5, 0.6) is 0 Å². The maximum atomic E-state index is 14.9. The topological polar surface area (TPSA) is 76.1 Å². The van der Waals surface area contributed by atoms with E-state index in [4.69, 9.17) is 32.7 Å². The molecule has 198 valence electrons. The number of cyclic esters (lactones) is 1. The third-order valence-corrected chi connectivity index (χ3v) is 7.38. The number of aryl methyl sites for hydroxylation is 1. The Labute approximate surface area is 223 Å². The molecule has 0 aliphatic carbocycles. The third kappa shape index (κ3) is 7.54. The van der Waals surface area contributed by atoms with Gasteiger partial charge in [0.2, 0.25) is 0 Å². The van der Waals surface area contributed by atoms with E-state index in [1.165, 1.54) is 22.3 Å². The van der Waals surface area contributed by atoms with Gasteiger partial charge in [-0.15, -0.1) is 11.3 Å². The molecule has 11 heteroatoms. The van der Waals surface area contributed by atoms with Crippen LogP contribution in [0, 0.1) is 0 Å². The average Bonchev–Trinajstić information content (AvgIpc) is 3.27. The SMILES string of the molecule is CC(C)OC(=O)c1ccc(CCCN2C(=O)OCCC2CCC(O)C(F)(F)c2cc(Cl)cc(Cl)c2)s1. The molecule has 3 rings (SSSR count). The monoisotopic (exact) mass is 563 g/mol. The van der Waals surface area contributed by atoms with Crippen LogP contribution in [0.15, 0.2) is 30.3 Å². The second-order valence-corrected chi connectivity index (χ2v) is 11.0. The minimum absolute atomic E-state index is 0.0558. The molecule has 2 aromatic rings. The summed E-state index contributed by atoms with van der Waals surface area (Å²) in [5.41, 5.74) is -0.458. The van der Waals surface area contributed by atoms with Gasteiger partial charge < -0.3 is 19.5 Å². The maximum Gasteiger partial charge on any atom is 0.410 e. The van der Waals surface area contributed by atoms with Gasteiger partial charge in [0.1, 0.15) is 11.0 Å². The number of amides is 1. The molecule has 1 aliphatic heterocycles. The van der Waals surface area contributed by atoms with Crippen LogP contribution in [0.4, 0.5) is 13.6 Å². The molecule has 1 saturated heterocycles. The Morgan fingerprint density at radius 2 is 1.97 bits per heavy atom. The number of halogens is 4. The summed E-state index contributed by atoms with van der Waals surface area (Å²) >= 11 is 13.0. The summed E-state index contributed by atoms with van der Waals surface area (Å²) in [6, 6.07) is 6.75. The molecule has 2 atom stereocenters. The predicted molar refractivity (Wildman–Crippen MR) is 135 cm³/mol. The first kappa shape index (κ1) is 28.6. The summed E-state index contributed by atoms with van der Waals surface area (Å²) in [6.07, 6.45) is -0.994. The molecule has 1 aliphatic rings. The van der Waals surface area contributed by atoms with Crippen LogP contribution in [0.3, 0.4) is 0 Å². The van der Waals surface area contributed by atoms with Crippen LogP contribution in [0.1, 0.15) is 59.6 Å². The fraction of sp³-hybridized carbons (Fsp3) is 0.520. The second kappa shape index (κ2) is 12.5. The van der Waals surface area contributed by atoms with E-state index in [1.54, 1.807) is 19.9 Å². The van der Waals surface area contributed by atoms with Crippen molar-refractivity contribution in [3.63, 3.8) is 0 Å². The van der Waals surface area contributed by atoms with Crippen molar-refractivity contribution in [3.8, 4) is 0 Å². The van der Waals surface area contributed by atoms with Crippen molar-refractivity contribution in [3.05, 3.63) is 55.7 Å². The van der Waals surface area contributed by atoms with Gasteiger partial charge in [-0.3, -0.25) is 0 Å². The number of thiophene rings is 1. The first-order valence-electron chi connectivity index (χ1n) is 11.7. The van der Waals surface area contributed by atoms with Gasteiger partial charge in [-0.05, 0) is 69.9 Å². The fourth-order valence-electron chi connectivity index (χ4n) is 4.03. The number of hydrogen-bond donors (Lipinski definition) is 1. The molecule has 1 aromatic carbocycles. The van der Waals surface area contributed by atoms with Gasteiger partial charge in [0, 0.05) is 39.5 Å². The third-order valence-electron chi connectivity index (χ3n) is 5.82. The van der Waals surface area contributed by atoms with E-state index in [2.05, 4.69) is 0 Å². The molecule has 6 nitrogen and oxygen atoms in total. The molecule has 0 saturated carbocycles. The van der Waals surface area contributed by atoms with Crippen molar-refractivity contribution < 1.29 is 33.0 Å². The average molecular weight is 564 g/mol. The van der Waals surface area contributed by atoms with Crippen molar-refractivity contribution in [2.45, 2.75) is 70.1 Å². The maximum absolute atomic E-state index is 14.9. The Morgan fingerprint density at radius 1 is 1.28 bits per heavy atom. The van der Waals surface area contributed by atoms with E-state index in [9.17, 15) is 23.5 Å². The summed E-state index contributed by atoms with van der Waals surface area (Å²) in [6.45, 7) is 4.13. The van der Waals surface area contributed by atoms with Gasteiger partial charge in [0.25, 0.3) is 5.92 Å². The van der Waals surface area contributed by atoms with Crippen LogP contribution in [0.2, 0.25) is 10.0 Å². The first-order valence-corrected chi connectivity index (χ1v) is 13.3. The van der Waals surface area contributed by atoms with Crippen molar-refractivity contribution in [2.75, 3.05) is 13.2 Å². The number of carbonyl (C=O) groups excluding carboxylic acids is 2. The van der Waals surface area contributed by atoms with Gasteiger partial charge in [-0.25, -0.2) is 9.59 Å². The van der Waals surface area contributed by atoms with Gasteiger partial charge >= 0.3 is 12.1 Å². The Hall–Kier alpha value is -1.94. The van der Waals surface area contributed by atoms with Crippen LogP contribution in [0.25, 0.3) is 0 Å². The van der Waals surface area contributed by atoms with E-state index in [0.29, 0.717) is 30.7 Å². The summed E-state index contributed by atoms with van der Waals surface area (Å²) in [5, 5.41) is 10.4. The number of rotatable bonds is 11. The van der Waals surface area contributed by atoms with Crippen molar-refractivity contribution >= 4 is 46.6 Å². The summed E-state index contributed by atoms with van der Waals surface area (Å²) < 4.78 is 40.1. The van der Waals surface area contributed by atoms with Crippen molar-refractivity contribution in [1.29, 1.82) is 0 Å². The molecule has 1 N–H and O–H groups in total. The minimum Gasteiger partial charge on any atom is -0.459 e. The lowest BCUT2D eigenvalue weighted by Crippen LogP contribution is -2.47. The fourth-order valence-corrected chi connectivity index (χ4v) is 5.49. The zero-order valence-electron chi connectivity index (χ0n) is 20.0. The Bertz CT molecular complexity index is 1040. The Morgan fingerprint density at radius 3 is 2.64 bits per heavy atom. The lowest BCUT2D eigenvalue weighted by Gasteiger charge is -2.36. The number of aliphatic hydroxyl groups excluding tert-OH is 1. The molecule has 0 spiro atoms. The number of aliphatic hydroxyl groups is 1. The minimum atomic E-state index is -3.55. The van der Waals surface area contributed by atoms with E-state index in [1.807, 2.05) is 6.07 Å². The molecule has 36 heavy (non-hydrogen) atoms. The molecule has 2 heterocycles. The molecule has 0 bridgehead atoms. The molecule has 1 fully saturated rings. The van der Waals surface area contributed by atoms with Gasteiger partial charge in [0.15, 0.2) is 0 Å². The highest BCUT2D eigenvalue weighted by atomic mass is 35.5. The zero-order chi connectivity index (χ0) is 26.5. The molecule has 1 amide bonds. The van der Waals surface area contributed by atoms with Crippen LogP contribution >= 0.6 is 34.5 Å². The normalized spacial score (nSPS) is 17.3. The Balaban J connectivity index is 1.55. The summed E-state index contributed by atoms with van der Waals surface area (Å²) in [4.78, 5) is 27.4. The highest BCUT2D eigenvalue weighted by molar-refractivity contribution is 7.13. The Kier molecular flexibility index (Phi) is 9.97. The number of esters is 1. The smallest absolute Gasteiger partial charge is 0.410 e. The lowest BCUT2D eigenvalue weighted by atomic mass is 9.96. The van der Waals surface area contributed by atoms with Crippen LogP contribution in [-0.2, 0) is 21.8 Å².